The third-order valence-corrected chi connectivity index (χ3v) is 7.21. The Morgan fingerprint density at radius 2 is 1.02 bits per heavy atom. The van der Waals surface area contributed by atoms with Gasteiger partial charge in [0.1, 0.15) is 0 Å². The van der Waals surface area contributed by atoms with Gasteiger partial charge < -0.3 is 0 Å². The zero-order chi connectivity index (χ0) is 30.2. The maximum absolute atomic E-state index is 10.7. The average molecular weight is 678 g/mol. The van der Waals surface area contributed by atoms with Crippen LogP contribution in [0.3, 0.4) is 0 Å². The standard InChI is InChI=1S/C20H26N4.2CHF3O3S.Mn/c1-3-11-21-17(7-1)15-23-13-5-9-19(23)20-10-6-14-24(20)16-18-8-2-4-12-22-18;2*2-1(3,4)8(5,6)7;/h1-4,7-8,11-12,19-20H,5-6,9-10,13-16H2;2*(H,5,6,7);/q;;;+2. The Balaban J connectivity index is 0.000000413. The van der Waals surface area contributed by atoms with Crippen molar-refractivity contribution in [3.05, 3.63) is 60.2 Å². The minimum absolute atomic E-state index is 0. The van der Waals surface area contributed by atoms with Crippen molar-refractivity contribution >= 4 is 20.2 Å². The summed E-state index contributed by atoms with van der Waals surface area (Å²) in [7, 11) is -11.7. The normalized spacial score (nSPS) is 20.3. The van der Waals surface area contributed by atoms with Gasteiger partial charge in [-0.25, -0.2) is 0 Å². The van der Waals surface area contributed by atoms with Crippen LogP contribution < -0.4 is 0 Å². The van der Waals surface area contributed by atoms with E-state index in [1.807, 2.05) is 24.5 Å². The summed E-state index contributed by atoms with van der Waals surface area (Å²) in [6, 6.07) is 13.8. The van der Waals surface area contributed by atoms with E-state index in [1.165, 1.54) is 50.2 Å². The molecule has 41 heavy (non-hydrogen) atoms. The van der Waals surface area contributed by atoms with Gasteiger partial charge in [0, 0.05) is 37.6 Å². The quantitative estimate of drug-likeness (QED) is 0.207. The fraction of sp³-hybridized carbons (Fsp3) is 0.545. The number of halogens is 6. The molecule has 0 aliphatic carbocycles. The predicted octanol–water partition coefficient (Wildman–Crippen LogP) is 3.89. The summed E-state index contributed by atoms with van der Waals surface area (Å²) in [6.45, 7) is 4.38. The molecular formula is C22H28F6MnN4O6S2+2. The van der Waals surface area contributed by atoms with Crippen LogP contribution >= 0.6 is 0 Å². The third kappa shape index (κ3) is 12.1. The molecule has 2 saturated heterocycles. The predicted molar refractivity (Wildman–Crippen MR) is 131 cm³/mol. The molecule has 2 fully saturated rings. The molecule has 2 aromatic heterocycles. The molecule has 2 unspecified atom stereocenters. The van der Waals surface area contributed by atoms with Crippen molar-refractivity contribution in [1.82, 2.24) is 19.8 Å². The number of likely N-dealkylation sites (tertiary alicyclic amines) is 2. The van der Waals surface area contributed by atoms with Crippen LogP contribution in [0.5, 0.6) is 0 Å². The second kappa shape index (κ2) is 15.6. The van der Waals surface area contributed by atoms with Crippen LogP contribution in [0.15, 0.2) is 48.8 Å². The monoisotopic (exact) mass is 677 g/mol. The number of alkyl halides is 6. The third-order valence-electron chi connectivity index (χ3n) is 6.04. The first-order valence-corrected chi connectivity index (χ1v) is 14.6. The number of rotatable bonds is 5. The first-order chi connectivity index (χ1) is 18.4. The number of pyridine rings is 2. The van der Waals surface area contributed by atoms with E-state index in [2.05, 4.69) is 44.0 Å². The van der Waals surface area contributed by atoms with Crippen molar-refractivity contribution in [2.45, 2.75) is 61.9 Å². The molecule has 2 aliphatic heterocycles. The van der Waals surface area contributed by atoms with Crippen LogP contribution in [-0.4, -0.2) is 81.9 Å². The van der Waals surface area contributed by atoms with E-state index in [0.717, 1.165) is 13.1 Å². The van der Waals surface area contributed by atoms with E-state index >= 15 is 0 Å². The molecule has 4 heterocycles. The van der Waals surface area contributed by atoms with Gasteiger partial charge >= 0.3 is 48.3 Å². The summed E-state index contributed by atoms with van der Waals surface area (Å²) < 4.78 is 115. The van der Waals surface area contributed by atoms with Gasteiger partial charge in [-0.3, -0.25) is 28.9 Å². The molecule has 0 amide bonds. The Morgan fingerprint density at radius 3 is 1.27 bits per heavy atom. The molecule has 10 nitrogen and oxygen atoms in total. The van der Waals surface area contributed by atoms with Gasteiger partial charge in [-0.15, -0.1) is 0 Å². The molecule has 2 aliphatic rings. The maximum Gasteiger partial charge on any atom is 2.00 e. The Kier molecular flexibility index (Phi) is 14.1. The first-order valence-electron chi connectivity index (χ1n) is 11.8. The fourth-order valence-electron chi connectivity index (χ4n) is 4.37. The van der Waals surface area contributed by atoms with Gasteiger partial charge in [0.25, 0.3) is 0 Å². The molecule has 1 radical (unpaired) electrons. The van der Waals surface area contributed by atoms with Crippen LogP contribution in [0.2, 0.25) is 0 Å². The Bertz CT molecular complexity index is 1170. The Morgan fingerprint density at radius 1 is 0.707 bits per heavy atom. The molecule has 0 spiro atoms. The number of aromatic nitrogens is 2. The van der Waals surface area contributed by atoms with E-state index in [1.54, 1.807) is 0 Å². The van der Waals surface area contributed by atoms with Gasteiger partial charge in [0.2, 0.25) is 0 Å². The van der Waals surface area contributed by atoms with Crippen LogP contribution in [0.4, 0.5) is 26.3 Å². The summed E-state index contributed by atoms with van der Waals surface area (Å²) in [5.41, 5.74) is -8.68. The average Bonchev–Trinajstić information content (AvgIpc) is 3.48. The van der Waals surface area contributed by atoms with Crippen LogP contribution in [0.25, 0.3) is 0 Å². The first kappa shape index (κ1) is 37.2. The molecule has 0 saturated carbocycles. The van der Waals surface area contributed by atoms with Crippen molar-refractivity contribution < 1.29 is 69.4 Å². The van der Waals surface area contributed by atoms with E-state index in [9.17, 15) is 26.3 Å². The molecule has 0 bridgehead atoms. The zero-order valence-corrected chi connectivity index (χ0v) is 24.0. The van der Waals surface area contributed by atoms with Crippen molar-refractivity contribution in [3.63, 3.8) is 0 Å². The summed E-state index contributed by atoms with van der Waals surface area (Å²) in [6.07, 6.45) is 9.07. The molecule has 2 atom stereocenters. The molecule has 2 N–H and O–H groups in total. The van der Waals surface area contributed by atoms with Gasteiger partial charge in [-0.05, 0) is 63.0 Å². The molecule has 4 rings (SSSR count). The van der Waals surface area contributed by atoms with E-state index in [4.69, 9.17) is 25.9 Å². The van der Waals surface area contributed by atoms with Gasteiger partial charge in [0.05, 0.1) is 11.4 Å². The molecule has 19 heteroatoms. The smallest absolute Gasteiger partial charge is 0.293 e. The zero-order valence-electron chi connectivity index (χ0n) is 21.2. The van der Waals surface area contributed by atoms with E-state index in [-0.39, 0.29) is 17.1 Å². The Labute approximate surface area is 244 Å². The summed E-state index contributed by atoms with van der Waals surface area (Å²) in [5, 5.41) is 0. The molecular weight excluding hydrogens is 649 g/mol. The Hall–Kier alpha value is -1.86. The molecule has 0 aromatic carbocycles. The van der Waals surface area contributed by atoms with Crippen LogP contribution in [-0.2, 0) is 50.4 Å². The fourth-order valence-corrected chi connectivity index (χ4v) is 4.37. The van der Waals surface area contributed by atoms with Crippen molar-refractivity contribution in [1.29, 1.82) is 0 Å². The van der Waals surface area contributed by atoms with Crippen LogP contribution in [0.1, 0.15) is 37.1 Å². The molecule has 2 aromatic rings. The second-order valence-corrected chi connectivity index (χ2v) is 11.7. The van der Waals surface area contributed by atoms with Gasteiger partial charge in [-0.1, -0.05) is 12.1 Å². The summed E-state index contributed by atoms with van der Waals surface area (Å²) >= 11 is 0. The van der Waals surface area contributed by atoms with E-state index in [0.29, 0.717) is 12.1 Å². The SMILES string of the molecule is O=S(=O)(O)C(F)(F)F.O=S(=O)(O)C(F)(F)F.[Mn+2].c1ccc(CN2CCCC2C2CCCN2Cc2ccccn2)nc1. The van der Waals surface area contributed by atoms with Crippen molar-refractivity contribution in [2.24, 2.45) is 0 Å². The maximum atomic E-state index is 10.7. The number of hydrogen-bond acceptors (Lipinski definition) is 8. The minimum atomic E-state index is -5.84. The minimum Gasteiger partial charge on any atom is -0.293 e. The number of hydrogen-bond donors (Lipinski definition) is 2. The summed E-state index contributed by atoms with van der Waals surface area (Å²) in [5.74, 6) is 0. The van der Waals surface area contributed by atoms with Crippen molar-refractivity contribution in [3.8, 4) is 0 Å². The van der Waals surface area contributed by atoms with E-state index < -0.39 is 31.3 Å². The molecule has 231 valence electrons. The van der Waals surface area contributed by atoms with Gasteiger partial charge in [0.15, 0.2) is 0 Å². The topological polar surface area (TPSA) is 141 Å². The van der Waals surface area contributed by atoms with Gasteiger partial charge in [-0.2, -0.15) is 43.2 Å². The van der Waals surface area contributed by atoms with Crippen LogP contribution in [0, 0.1) is 0 Å². The second-order valence-electron chi connectivity index (χ2n) is 8.84. The largest absolute Gasteiger partial charge is 2.00 e. The van der Waals surface area contributed by atoms with Crippen molar-refractivity contribution in [2.75, 3.05) is 13.1 Å². The summed E-state index contributed by atoms with van der Waals surface area (Å²) in [4.78, 5) is 14.4. The number of nitrogens with zero attached hydrogens (tertiary/aromatic N) is 4.